The number of hydrogen-bond donors (Lipinski definition) is 1. The lowest BCUT2D eigenvalue weighted by atomic mass is 10.2. The van der Waals surface area contributed by atoms with Crippen molar-refractivity contribution in [2.24, 2.45) is 0 Å². The molecule has 1 aromatic heterocycles. The number of aromatic nitrogens is 2. The van der Waals surface area contributed by atoms with Gasteiger partial charge in [-0.2, -0.15) is 5.10 Å². The molecule has 1 heterocycles. The summed E-state index contributed by atoms with van der Waals surface area (Å²) in [7, 11) is 1.58. The van der Waals surface area contributed by atoms with E-state index in [9.17, 15) is 10.2 Å². The summed E-state index contributed by atoms with van der Waals surface area (Å²) < 4.78 is 6.67. The number of nitrogens with one attached hydrogen (secondary N) is 1. The van der Waals surface area contributed by atoms with Crippen molar-refractivity contribution in [2.75, 3.05) is 12.4 Å². The van der Waals surface area contributed by atoms with Gasteiger partial charge in [0.05, 0.1) is 12.8 Å². The fraction of sp³-hybridized carbons (Fsp3) is 0.111. The first-order chi connectivity index (χ1) is 12.1. The number of hydrogen-bond acceptors (Lipinski definition) is 4. The fourth-order valence-electron chi connectivity index (χ4n) is 2.43. The molecule has 0 spiro atoms. The van der Waals surface area contributed by atoms with Gasteiger partial charge in [0.25, 0.3) is 5.91 Å². The highest BCUT2D eigenvalue weighted by Gasteiger charge is 2.28. The predicted octanol–water partition coefficient (Wildman–Crippen LogP) is 3.93. The number of methoxy groups -OCH3 is 1. The Balaban J connectivity index is 2.02. The lowest BCUT2D eigenvalue weighted by Gasteiger charge is -2.08. The van der Waals surface area contributed by atoms with Crippen molar-refractivity contribution in [3.05, 3.63) is 70.8 Å². The van der Waals surface area contributed by atoms with Crippen LogP contribution in [-0.4, -0.2) is 22.8 Å². The third-order valence-electron chi connectivity index (χ3n) is 3.71. The second kappa shape index (κ2) is 6.84. The van der Waals surface area contributed by atoms with Crippen LogP contribution in [0.4, 0.5) is 11.5 Å². The van der Waals surface area contributed by atoms with Gasteiger partial charge in [-0.25, -0.2) is 4.68 Å². The molecule has 0 saturated carbocycles. The van der Waals surface area contributed by atoms with Gasteiger partial charge in [-0.3, -0.25) is 10.1 Å². The Morgan fingerprint density at radius 1 is 1.16 bits per heavy atom. The number of nitrogens with zero attached hydrogens (tertiary/aromatic N) is 4. The van der Waals surface area contributed by atoms with Crippen molar-refractivity contribution >= 4 is 17.4 Å². The van der Waals surface area contributed by atoms with E-state index in [1.807, 2.05) is 6.07 Å². The van der Waals surface area contributed by atoms with Gasteiger partial charge in [-0.05, 0) is 43.3 Å². The molecule has 3 aromatic rings. The van der Waals surface area contributed by atoms with Crippen molar-refractivity contribution in [3.63, 3.8) is 0 Å². The molecule has 7 heteroatoms. The van der Waals surface area contributed by atoms with Gasteiger partial charge in [0.1, 0.15) is 5.75 Å². The minimum Gasteiger partial charge on any atom is -0.497 e. The minimum atomic E-state index is -0.319. The molecule has 3 rings (SSSR count). The summed E-state index contributed by atoms with van der Waals surface area (Å²) in [5.41, 5.74) is 1.88. The van der Waals surface area contributed by atoms with Gasteiger partial charge in [0.2, 0.25) is 11.2 Å². The second-order valence-electron chi connectivity index (χ2n) is 5.31. The number of carbonyl (C=O) groups excluding carboxylic acids is 1. The van der Waals surface area contributed by atoms with E-state index < -0.39 is 0 Å². The number of rotatable bonds is 4. The standard InChI is InChI=1S/C18H15N5O2/c1-12-16(21-19)17(20-18(24)13-6-4-3-5-7-13)23(22-12)14-8-10-15(25-2)11-9-14/h3-11H,1-2H3/p+1. The number of anilines is 1. The number of benzene rings is 2. The lowest BCUT2D eigenvalue weighted by molar-refractivity contribution is 0.102. The van der Waals surface area contributed by atoms with Crippen molar-refractivity contribution in [1.82, 2.24) is 9.78 Å². The summed E-state index contributed by atoms with van der Waals surface area (Å²) in [6.07, 6.45) is 0. The van der Waals surface area contributed by atoms with Crippen molar-refractivity contribution < 1.29 is 9.53 Å². The van der Waals surface area contributed by atoms with Gasteiger partial charge in [-0.15, -0.1) is 0 Å². The Bertz CT molecular complexity index is 940. The van der Waals surface area contributed by atoms with Crippen LogP contribution in [0.15, 0.2) is 54.6 Å². The summed E-state index contributed by atoms with van der Waals surface area (Å²) in [5.74, 6) is 0.675. The Hall–Kier alpha value is -3.66. The van der Waals surface area contributed by atoms with Crippen LogP contribution in [0.5, 0.6) is 5.75 Å². The van der Waals surface area contributed by atoms with Crippen molar-refractivity contribution in [3.8, 4) is 11.4 Å². The highest BCUT2D eigenvalue weighted by atomic mass is 16.5. The quantitative estimate of drug-likeness (QED) is 0.733. The molecule has 0 aliphatic heterocycles. The van der Waals surface area contributed by atoms with E-state index in [0.29, 0.717) is 28.5 Å². The van der Waals surface area contributed by atoms with E-state index in [4.69, 9.17) is 4.74 Å². The van der Waals surface area contributed by atoms with E-state index in [-0.39, 0.29) is 11.6 Å². The zero-order valence-electron chi connectivity index (χ0n) is 13.8. The van der Waals surface area contributed by atoms with Crippen LogP contribution in [0.1, 0.15) is 16.1 Å². The Morgan fingerprint density at radius 2 is 1.84 bits per heavy atom. The van der Waals surface area contributed by atoms with Gasteiger partial charge >= 0.3 is 5.69 Å². The number of ether oxygens (including phenoxy) is 1. The van der Waals surface area contributed by atoms with E-state index in [2.05, 4.69) is 15.4 Å². The molecule has 0 bridgehead atoms. The zero-order valence-corrected chi connectivity index (χ0v) is 13.8. The molecule has 1 N–H and O–H groups in total. The van der Waals surface area contributed by atoms with Crippen LogP contribution in [0, 0.1) is 12.3 Å². The Labute approximate surface area is 144 Å². The maximum Gasteiger partial charge on any atom is 0.449 e. The molecule has 25 heavy (non-hydrogen) atoms. The predicted molar refractivity (Wildman–Crippen MR) is 94.0 cm³/mol. The van der Waals surface area contributed by atoms with Crippen molar-refractivity contribution in [2.45, 2.75) is 6.92 Å². The highest BCUT2D eigenvalue weighted by molar-refractivity contribution is 6.05. The molecule has 0 aliphatic carbocycles. The summed E-state index contributed by atoms with van der Waals surface area (Å²) in [6, 6.07) is 15.9. The van der Waals surface area contributed by atoms with Crippen LogP contribution in [0.2, 0.25) is 0 Å². The SMILES string of the molecule is COc1ccc(-n2nc(C)c([N+]#N)c2NC(=O)c2ccccc2)cc1. The largest absolute Gasteiger partial charge is 0.497 e. The molecule has 7 nitrogen and oxygen atoms in total. The van der Waals surface area contributed by atoms with E-state index in [1.54, 1.807) is 62.6 Å². The van der Waals surface area contributed by atoms with Gasteiger partial charge in [-0.1, -0.05) is 18.2 Å². The Morgan fingerprint density at radius 3 is 2.44 bits per heavy atom. The van der Waals surface area contributed by atoms with Gasteiger partial charge in [0.15, 0.2) is 10.7 Å². The first kappa shape index (κ1) is 16.2. The average molecular weight is 334 g/mol. The molecule has 0 radical (unpaired) electrons. The summed E-state index contributed by atoms with van der Waals surface area (Å²) in [6.45, 7) is 1.70. The molecule has 2 aromatic carbocycles. The fourth-order valence-corrected chi connectivity index (χ4v) is 2.43. The number of aryl methyl sites for hydroxylation is 1. The molecular formula is C18H16N5O2+. The molecule has 1 amide bonds. The first-order valence-electron chi connectivity index (χ1n) is 7.59. The molecule has 124 valence electrons. The number of carbonyl (C=O) groups is 1. The smallest absolute Gasteiger partial charge is 0.449 e. The Kier molecular flexibility index (Phi) is 4.44. The maximum atomic E-state index is 12.5. The molecule has 0 saturated heterocycles. The number of diazo groups is 1. The second-order valence-corrected chi connectivity index (χ2v) is 5.31. The van der Waals surface area contributed by atoms with E-state index in [1.165, 1.54) is 4.68 Å². The monoisotopic (exact) mass is 334 g/mol. The zero-order chi connectivity index (χ0) is 17.8. The third kappa shape index (κ3) is 3.19. The molecular weight excluding hydrogens is 318 g/mol. The van der Waals surface area contributed by atoms with Crippen LogP contribution in [0.25, 0.3) is 10.7 Å². The van der Waals surface area contributed by atoms with Crippen LogP contribution in [0.3, 0.4) is 0 Å². The minimum absolute atomic E-state index is 0.208. The summed E-state index contributed by atoms with van der Waals surface area (Å²) in [5, 5.41) is 16.5. The molecule has 0 unspecified atom stereocenters. The highest BCUT2D eigenvalue weighted by Crippen LogP contribution is 2.32. The normalized spacial score (nSPS) is 10.1. The molecule has 0 aliphatic rings. The van der Waals surface area contributed by atoms with Crippen LogP contribution in [-0.2, 0) is 0 Å². The summed E-state index contributed by atoms with van der Waals surface area (Å²) >= 11 is 0. The summed E-state index contributed by atoms with van der Waals surface area (Å²) in [4.78, 5) is 15.8. The van der Waals surface area contributed by atoms with Crippen molar-refractivity contribution in [1.29, 1.82) is 5.39 Å². The first-order valence-corrected chi connectivity index (χ1v) is 7.59. The van der Waals surface area contributed by atoms with Crippen LogP contribution < -0.4 is 10.1 Å². The third-order valence-corrected chi connectivity index (χ3v) is 3.71. The van der Waals surface area contributed by atoms with E-state index in [0.717, 1.165) is 0 Å². The maximum absolute atomic E-state index is 12.5. The number of amides is 1. The van der Waals surface area contributed by atoms with Gasteiger partial charge < -0.3 is 4.74 Å². The average Bonchev–Trinajstić information content (AvgIpc) is 2.97. The van der Waals surface area contributed by atoms with Crippen LogP contribution >= 0.6 is 0 Å². The molecule has 0 atom stereocenters. The topological polar surface area (TPSA) is 84.3 Å². The van der Waals surface area contributed by atoms with Gasteiger partial charge in [0, 0.05) is 5.56 Å². The molecule has 0 fully saturated rings. The van der Waals surface area contributed by atoms with E-state index >= 15 is 0 Å². The lowest BCUT2D eigenvalue weighted by Crippen LogP contribution is -2.15.